The van der Waals surface area contributed by atoms with Crippen LogP contribution in [0.15, 0.2) is 42.5 Å². The zero-order valence-corrected chi connectivity index (χ0v) is 16.9. The van der Waals surface area contributed by atoms with Crippen molar-refractivity contribution in [1.29, 1.82) is 0 Å². The highest BCUT2D eigenvalue weighted by Gasteiger charge is 2.20. The van der Waals surface area contributed by atoms with E-state index in [1.165, 1.54) is 24.3 Å². The largest absolute Gasteiger partial charge is 0.478 e. The molecular formula is C21H19FINO3. The van der Waals surface area contributed by atoms with Gasteiger partial charge < -0.3 is 10.4 Å². The van der Waals surface area contributed by atoms with Crippen LogP contribution < -0.4 is 5.32 Å². The Morgan fingerprint density at radius 1 is 1.19 bits per heavy atom. The Morgan fingerprint density at radius 2 is 1.89 bits per heavy atom. The molecule has 2 aromatic carbocycles. The van der Waals surface area contributed by atoms with E-state index in [-0.39, 0.29) is 17.2 Å². The number of hydrogen-bond donors (Lipinski definition) is 2. The first-order valence-electron chi connectivity index (χ1n) is 8.44. The summed E-state index contributed by atoms with van der Waals surface area (Å²) in [5, 5.41) is 11.6. The molecular weight excluding hydrogens is 460 g/mol. The van der Waals surface area contributed by atoms with Crippen molar-refractivity contribution in [1.82, 2.24) is 0 Å². The summed E-state index contributed by atoms with van der Waals surface area (Å²) < 4.78 is 14.8. The van der Waals surface area contributed by atoms with Gasteiger partial charge in [-0.3, -0.25) is 4.79 Å². The molecule has 0 aliphatic heterocycles. The van der Waals surface area contributed by atoms with Crippen molar-refractivity contribution in [3.8, 4) is 11.8 Å². The van der Waals surface area contributed by atoms with Gasteiger partial charge in [-0.05, 0) is 64.9 Å². The van der Waals surface area contributed by atoms with Crippen LogP contribution in [0.5, 0.6) is 0 Å². The van der Waals surface area contributed by atoms with E-state index in [1.807, 2.05) is 29.5 Å². The zero-order chi connectivity index (χ0) is 19.8. The van der Waals surface area contributed by atoms with Gasteiger partial charge in [0.15, 0.2) is 0 Å². The molecule has 0 saturated heterocycles. The van der Waals surface area contributed by atoms with Gasteiger partial charge in [0, 0.05) is 16.4 Å². The van der Waals surface area contributed by atoms with Gasteiger partial charge in [0.2, 0.25) is 5.91 Å². The minimum absolute atomic E-state index is 0.134. The standard InChI is InChI=1S/C21H19FINO3/c1-2-3-4-5-16(12-14-6-8-15(9-7-14)21(26)27)20(25)24-19-11-10-17(23)13-18(19)22/h6-11,13,16H,2,5,12H2,1H3,(H,24,25)(H,26,27). The van der Waals surface area contributed by atoms with Gasteiger partial charge in [-0.1, -0.05) is 19.1 Å². The van der Waals surface area contributed by atoms with E-state index >= 15 is 0 Å². The lowest BCUT2D eigenvalue weighted by atomic mass is 9.94. The predicted octanol–water partition coefficient (Wildman–Crippen LogP) is 4.73. The highest BCUT2D eigenvalue weighted by atomic mass is 127. The van der Waals surface area contributed by atoms with E-state index in [2.05, 4.69) is 17.2 Å². The molecule has 140 valence electrons. The van der Waals surface area contributed by atoms with Crippen LogP contribution >= 0.6 is 22.6 Å². The number of carboxylic acid groups (broad SMARTS) is 1. The van der Waals surface area contributed by atoms with Crippen molar-refractivity contribution in [2.45, 2.75) is 26.2 Å². The first kappa shape index (κ1) is 20.9. The summed E-state index contributed by atoms with van der Waals surface area (Å²) in [4.78, 5) is 23.6. The number of nitrogens with one attached hydrogen (secondary N) is 1. The van der Waals surface area contributed by atoms with Crippen molar-refractivity contribution in [3.05, 3.63) is 63.0 Å². The molecule has 1 unspecified atom stereocenters. The summed E-state index contributed by atoms with van der Waals surface area (Å²) in [5.41, 5.74) is 1.14. The number of carbonyl (C=O) groups is 2. The third-order valence-electron chi connectivity index (χ3n) is 3.89. The van der Waals surface area contributed by atoms with Crippen molar-refractivity contribution in [3.63, 3.8) is 0 Å². The molecule has 6 heteroatoms. The average Bonchev–Trinajstić information content (AvgIpc) is 2.63. The maximum absolute atomic E-state index is 14.0. The summed E-state index contributed by atoms with van der Waals surface area (Å²) in [6, 6.07) is 11.0. The Hall–Kier alpha value is -2.40. The van der Waals surface area contributed by atoms with Crippen molar-refractivity contribution in [2.24, 2.45) is 5.92 Å². The molecule has 2 N–H and O–H groups in total. The molecule has 1 atom stereocenters. The minimum atomic E-state index is -1.00. The highest BCUT2D eigenvalue weighted by Crippen LogP contribution is 2.20. The number of carboxylic acids is 1. The van der Waals surface area contributed by atoms with Gasteiger partial charge >= 0.3 is 5.97 Å². The molecule has 0 saturated carbocycles. The Morgan fingerprint density at radius 3 is 2.48 bits per heavy atom. The number of amides is 1. The number of carbonyl (C=O) groups excluding carboxylic acids is 1. The normalized spacial score (nSPS) is 11.2. The molecule has 4 nitrogen and oxygen atoms in total. The SMILES string of the molecule is CCC#CCC(Cc1ccc(C(=O)O)cc1)C(=O)Nc1ccc(I)cc1F. The molecule has 0 aliphatic carbocycles. The third-order valence-corrected chi connectivity index (χ3v) is 4.56. The average molecular weight is 479 g/mol. The van der Waals surface area contributed by atoms with Crippen LogP contribution in [-0.2, 0) is 11.2 Å². The number of benzene rings is 2. The highest BCUT2D eigenvalue weighted by molar-refractivity contribution is 14.1. The van der Waals surface area contributed by atoms with Crippen molar-refractivity contribution < 1.29 is 19.1 Å². The molecule has 0 bridgehead atoms. The van der Waals surface area contributed by atoms with E-state index in [0.717, 1.165) is 9.13 Å². The first-order valence-corrected chi connectivity index (χ1v) is 9.52. The fourth-order valence-corrected chi connectivity index (χ4v) is 2.92. The Kier molecular flexibility index (Phi) is 7.80. The Labute approximate surface area is 171 Å². The van der Waals surface area contributed by atoms with E-state index in [9.17, 15) is 14.0 Å². The van der Waals surface area contributed by atoms with Crippen LogP contribution in [-0.4, -0.2) is 17.0 Å². The molecule has 2 aromatic rings. The number of hydrogen-bond acceptors (Lipinski definition) is 2. The van der Waals surface area contributed by atoms with Crippen molar-refractivity contribution >= 4 is 40.2 Å². The monoisotopic (exact) mass is 479 g/mol. The van der Waals surface area contributed by atoms with Crippen LogP contribution in [0.3, 0.4) is 0 Å². The minimum Gasteiger partial charge on any atom is -0.478 e. The second-order valence-electron chi connectivity index (χ2n) is 5.93. The van der Waals surface area contributed by atoms with Gasteiger partial charge in [-0.2, -0.15) is 0 Å². The number of aromatic carboxylic acids is 1. The summed E-state index contributed by atoms with van der Waals surface area (Å²) in [6.45, 7) is 1.92. The molecule has 0 aromatic heterocycles. The zero-order valence-electron chi connectivity index (χ0n) is 14.8. The third kappa shape index (κ3) is 6.36. The molecule has 27 heavy (non-hydrogen) atoms. The second kappa shape index (κ2) is 10.1. The van der Waals surface area contributed by atoms with Crippen LogP contribution in [0, 0.1) is 27.1 Å². The second-order valence-corrected chi connectivity index (χ2v) is 7.17. The van der Waals surface area contributed by atoms with E-state index in [4.69, 9.17) is 5.11 Å². The number of halogens is 2. The summed E-state index contributed by atoms with van der Waals surface area (Å²) in [6.07, 6.45) is 1.41. The Balaban J connectivity index is 2.16. The van der Waals surface area contributed by atoms with Gasteiger partial charge in [-0.15, -0.1) is 11.8 Å². The number of anilines is 1. The van der Waals surface area contributed by atoms with E-state index in [0.29, 0.717) is 19.3 Å². The smallest absolute Gasteiger partial charge is 0.335 e. The molecule has 0 spiro atoms. The van der Waals surface area contributed by atoms with Gasteiger partial charge in [0.1, 0.15) is 5.82 Å². The maximum atomic E-state index is 14.0. The lowest BCUT2D eigenvalue weighted by molar-refractivity contribution is -0.119. The molecule has 2 rings (SSSR count). The topological polar surface area (TPSA) is 66.4 Å². The van der Waals surface area contributed by atoms with Crippen LogP contribution in [0.4, 0.5) is 10.1 Å². The first-order chi connectivity index (χ1) is 12.9. The summed E-state index contributed by atoms with van der Waals surface area (Å²) >= 11 is 2.00. The van der Waals surface area contributed by atoms with Crippen molar-refractivity contribution in [2.75, 3.05) is 5.32 Å². The van der Waals surface area contributed by atoms with Gasteiger partial charge in [0.05, 0.1) is 17.2 Å². The van der Waals surface area contributed by atoms with E-state index in [1.54, 1.807) is 18.2 Å². The fraction of sp³-hybridized carbons (Fsp3) is 0.238. The maximum Gasteiger partial charge on any atom is 0.335 e. The quantitative estimate of drug-likeness (QED) is 0.465. The molecule has 0 fully saturated rings. The summed E-state index contributed by atoms with van der Waals surface area (Å²) in [5.74, 6) is 3.64. The summed E-state index contributed by atoms with van der Waals surface area (Å²) in [7, 11) is 0. The molecule has 0 aliphatic rings. The lowest BCUT2D eigenvalue weighted by Crippen LogP contribution is -2.25. The number of rotatable bonds is 6. The van der Waals surface area contributed by atoms with Gasteiger partial charge in [-0.25, -0.2) is 9.18 Å². The molecule has 1 amide bonds. The Bertz CT molecular complexity index is 885. The van der Waals surface area contributed by atoms with Crippen LogP contribution in [0.1, 0.15) is 35.7 Å². The molecule has 0 heterocycles. The van der Waals surface area contributed by atoms with Crippen LogP contribution in [0.2, 0.25) is 0 Å². The molecule has 0 radical (unpaired) electrons. The predicted molar refractivity (Wildman–Crippen MR) is 111 cm³/mol. The van der Waals surface area contributed by atoms with Crippen LogP contribution in [0.25, 0.3) is 0 Å². The lowest BCUT2D eigenvalue weighted by Gasteiger charge is -2.15. The van der Waals surface area contributed by atoms with E-state index < -0.39 is 17.7 Å². The fourth-order valence-electron chi connectivity index (χ4n) is 2.47. The van der Waals surface area contributed by atoms with Gasteiger partial charge in [0.25, 0.3) is 0 Å².